The molecule has 0 spiro atoms. The van der Waals surface area contributed by atoms with Gasteiger partial charge in [0.05, 0.1) is 0 Å². The minimum absolute atomic E-state index is 0.0577. The van der Waals surface area contributed by atoms with E-state index >= 15 is 0 Å². The first kappa shape index (κ1) is 14.1. The molecule has 4 heteroatoms. The Morgan fingerprint density at radius 2 is 1.90 bits per heavy atom. The molecule has 1 aliphatic carbocycles. The minimum atomic E-state index is -0.701. The van der Waals surface area contributed by atoms with E-state index in [1.165, 1.54) is 0 Å². The van der Waals surface area contributed by atoms with Crippen LogP contribution in [0.3, 0.4) is 0 Å². The predicted octanol–water partition coefficient (Wildman–Crippen LogP) is 2.79. The van der Waals surface area contributed by atoms with Gasteiger partial charge in [-0.05, 0) is 51.2 Å². The van der Waals surface area contributed by atoms with Crippen LogP contribution in [0.4, 0.5) is 5.69 Å². The Morgan fingerprint density at radius 3 is 2.48 bits per heavy atom. The minimum Gasteiger partial charge on any atom is -0.325 e. The van der Waals surface area contributed by atoms with E-state index in [0.717, 1.165) is 29.7 Å². The first-order valence-corrected chi connectivity index (χ1v) is 7.63. The van der Waals surface area contributed by atoms with Crippen LogP contribution in [0.5, 0.6) is 0 Å². The number of anilines is 1. The van der Waals surface area contributed by atoms with Gasteiger partial charge in [-0.3, -0.25) is 9.59 Å². The molecule has 2 fully saturated rings. The Bertz CT molecular complexity index is 587. The van der Waals surface area contributed by atoms with Crippen LogP contribution >= 0.6 is 0 Å². The Hall–Kier alpha value is -1.84. The maximum Gasteiger partial charge on any atom is 0.250 e. The molecule has 112 valence electrons. The van der Waals surface area contributed by atoms with Gasteiger partial charge in [0.2, 0.25) is 11.8 Å². The molecule has 1 aliphatic heterocycles. The van der Waals surface area contributed by atoms with Crippen molar-refractivity contribution in [3.8, 4) is 0 Å². The quantitative estimate of drug-likeness (QED) is 0.929. The predicted molar refractivity (Wildman–Crippen MR) is 82.1 cm³/mol. The lowest BCUT2D eigenvalue weighted by Gasteiger charge is -2.34. The van der Waals surface area contributed by atoms with E-state index in [1.54, 1.807) is 0 Å². The summed E-state index contributed by atoms with van der Waals surface area (Å²) in [5.41, 5.74) is 2.27. The number of benzene rings is 1. The molecule has 1 aromatic rings. The highest BCUT2D eigenvalue weighted by molar-refractivity contribution is 6.03. The fraction of sp³-hybridized carbons (Fsp3) is 0.529. The van der Waals surface area contributed by atoms with E-state index in [4.69, 9.17) is 0 Å². The number of carbonyl (C=O) groups excluding carboxylic acids is 2. The van der Waals surface area contributed by atoms with Crippen molar-refractivity contribution >= 4 is 17.5 Å². The molecule has 1 saturated heterocycles. The fourth-order valence-electron chi connectivity index (χ4n) is 3.29. The van der Waals surface area contributed by atoms with Crippen molar-refractivity contribution in [2.45, 2.75) is 58.0 Å². The number of hydrogen-bond donors (Lipinski definition) is 1. The third-order valence-electron chi connectivity index (χ3n) is 4.75. The van der Waals surface area contributed by atoms with Gasteiger partial charge in [-0.1, -0.05) is 18.2 Å². The Morgan fingerprint density at radius 1 is 1.29 bits per heavy atom. The van der Waals surface area contributed by atoms with Gasteiger partial charge < -0.3 is 10.2 Å². The first-order valence-electron chi connectivity index (χ1n) is 7.63. The maximum absolute atomic E-state index is 12.8. The van der Waals surface area contributed by atoms with Crippen molar-refractivity contribution in [3.05, 3.63) is 29.3 Å². The summed E-state index contributed by atoms with van der Waals surface area (Å²) in [6.45, 7) is 5.88. The molecule has 1 heterocycles. The van der Waals surface area contributed by atoms with Crippen molar-refractivity contribution in [2.24, 2.45) is 0 Å². The zero-order valence-corrected chi connectivity index (χ0v) is 12.9. The second-order valence-corrected chi connectivity index (χ2v) is 6.49. The summed E-state index contributed by atoms with van der Waals surface area (Å²) in [7, 11) is 0. The number of nitrogens with one attached hydrogen (secondary N) is 1. The Balaban J connectivity index is 1.86. The van der Waals surface area contributed by atoms with Crippen molar-refractivity contribution in [3.63, 3.8) is 0 Å². The van der Waals surface area contributed by atoms with E-state index in [-0.39, 0.29) is 17.9 Å². The molecule has 0 bridgehead atoms. The number of nitrogens with zero attached hydrogens (tertiary/aromatic N) is 1. The number of hydrogen-bond acceptors (Lipinski definition) is 2. The van der Waals surface area contributed by atoms with Crippen molar-refractivity contribution in [1.29, 1.82) is 0 Å². The number of para-hydroxylation sites is 1. The van der Waals surface area contributed by atoms with Crippen LogP contribution in [0.2, 0.25) is 0 Å². The van der Waals surface area contributed by atoms with Crippen LogP contribution in [0.25, 0.3) is 0 Å². The summed E-state index contributed by atoms with van der Waals surface area (Å²) >= 11 is 0. The molecule has 1 aromatic carbocycles. The van der Waals surface area contributed by atoms with Crippen LogP contribution in [0.15, 0.2) is 18.2 Å². The highest BCUT2D eigenvalue weighted by Gasteiger charge is 2.52. The number of rotatable bonds is 3. The topological polar surface area (TPSA) is 49.4 Å². The lowest BCUT2D eigenvalue weighted by Crippen LogP contribution is -2.53. The summed E-state index contributed by atoms with van der Waals surface area (Å²) < 4.78 is 0. The van der Waals surface area contributed by atoms with Crippen LogP contribution in [-0.4, -0.2) is 28.3 Å². The van der Waals surface area contributed by atoms with Gasteiger partial charge in [-0.15, -0.1) is 0 Å². The van der Waals surface area contributed by atoms with Crippen LogP contribution < -0.4 is 5.32 Å². The van der Waals surface area contributed by atoms with Crippen molar-refractivity contribution < 1.29 is 9.59 Å². The molecule has 2 aliphatic rings. The zero-order chi connectivity index (χ0) is 15.2. The van der Waals surface area contributed by atoms with Gasteiger partial charge in [0.15, 0.2) is 0 Å². The van der Waals surface area contributed by atoms with E-state index < -0.39 is 5.54 Å². The lowest BCUT2D eigenvalue weighted by molar-refractivity contribution is -0.138. The van der Waals surface area contributed by atoms with Gasteiger partial charge in [0.1, 0.15) is 5.54 Å². The molecule has 1 unspecified atom stereocenters. The molecule has 0 aromatic heterocycles. The largest absolute Gasteiger partial charge is 0.325 e. The number of amides is 2. The summed E-state index contributed by atoms with van der Waals surface area (Å²) in [5.74, 6) is 0.0642. The lowest BCUT2D eigenvalue weighted by atomic mass is 9.96. The van der Waals surface area contributed by atoms with Gasteiger partial charge in [-0.2, -0.15) is 0 Å². The molecular formula is C17H22N2O2. The van der Waals surface area contributed by atoms with E-state index in [1.807, 2.05) is 43.9 Å². The summed E-state index contributed by atoms with van der Waals surface area (Å²) in [6, 6.07) is 6.23. The molecule has 1 N–H and O–H groups in total. The monoisotopic (exact) mass is 286 g/mol. The standard InChI is InChI=1S/C17H22N2O2/c1-11-5-4-6-12(2)15(11)18-16(21)17(3)10-9-14(20)19(17)13-7-8-13/h4-6,13H,7-10H2,1-3H3,(H,18,21). The van der Waals surface area contributed by atoms with Gasteiger partial charge in [-0.25, -0.2) is 0 Å². The molecule has 21 heavy (non-hydrogen) atoms. The van der Waals surface area contributed by atoms with Crippen LogP contribution in [0.1, 0.15) is 43.7 Å². The van der Waals surface area contributed by atoms with Crippen molar-refractivity contribution in [1.82, 2.24) is 4.90 Å². The van der Waals surface area contributed by atoms with Gasteiger partial charge in [0.25, 0.3) is 0 Å². The normalized spacial score (nSPS) is 25.3. The molecule has 4 nitrogen and oxygen atoms in total. The van der Waals surface area contributed by atoms with Crippen LogP contribution in [0, 0.1) is 13.8 Å². The average Bonchev–Trinajstić information content (AvgIpc) is 3.21. The first-order chi connectivity index (χ1) is 9.93. The van der Waals surface area contributed by atoms with E-state index in [0.29, 0.717) is 12.8 Å². The number of carbonyl (C=O) groups is 2. The summed E-state index contributed by atoms with van der Waals surface area (Å²) in [5, 5.41) is 3.06. The zero-order valence-electron chi connectivity index (χ0n) is 12.9. The fourth-order valence-corrected chi connectivity index (χ4v) is 3.29. The van der Waals surface area contributed by atoms with Gasteiger partial charge in [0, 0.05) is 18.2 Å². The van der Waals surface area contributed by atoms with Crippen molar-refractivity contribution in [2.75, 3.05) is 5.32 Å². The SMILES string of the molecule is Cc1cccc(C)c1NC(=O)C1(C)CCC(=O)N1C1CC1. The maximum atomic E-state index is 12.8. The highest BCUT2D eigenvalue weighted by atomic mass is 16.2. The average molecular weight is 286 g/mol. The highest BCUT2D eigenvalue weighted by Crippen LogP contribution is 2.41. The molecule has 2 amide bonds. The summed E-state index contributed by atoms with van der Waals surface area (Å²) in [4.78, 5) is 26.8. The molecular weight excluding hydrogens is 264 g/mol. The number of aryl methyl sites for hydroxylation is 2. The van der Waals surface area contributed by atoms with Gasteiger partial charge >= 0.3 is 0 Å². The summed E-state index contributed by atoms with van der Waals surface area (Å²) in [6.07, 6.45) is 3.14. The Kier molecular flexibility index (Phi) is 3.27. The smallest absolute Gasteiger partial charge is 0.250 e. The molecule has 0 radical (unpaired) electrons. The number of likely N-dealkylation sites (tertiary alicyclic amines) is 1. The Labute approximate surface area is 125 Å². The van der Waals surface area contributed by atoms with E-state index in [9.17, 15) is 9.59 Å². The second-order valence-electron chi connectivity index (χ2n) is 6.49. The second kappa shape index (κ2) is 4.86. The third kappa shape index (κ3) is 2.33. The molecule has 1 saturated carbocycles. The molecule has 1 atom stereocenters. The van der Waals surface area contributed by atoms with E-state index in [2.05, 4.69) is 5.32 Å². The third-order valence-corrected chi connectivity index (χ3v) is 4.75. The molecule has 3 rings (SSSR count). The van der Waals surface area contributed by atoms with Crippen LogP contribution in [-0.2, 0) is 9.59 Å².